The Bertz CT molecular complexity index is 1610. The van der Waals surface area contributed by atoms with Crippen LogP contribution in [-0.2, 0) is 0 Å². The van der Waals surface area contributed by atoms with Crippen molar-refractivity contribution < 1.29 is 4.74 Å². The van der Waals surface area contributed by atoms with Crippen molar-refractivity contribution in [2.75, 3.05) is 0 Å². The Morgan fingerprint density at radius 1 is 0.385 bits per heavy atom. The van der Waals surface area contributed by atoms with E-state index in [2.05, 4.69) is 159 Å². The van der Waals surface area contributed by atoms with Crippen molar-refractivity contribution in [2.24, 2.45) is 0 Å². The fourth-order valence-electron chi connectivity index (χ4n) is 4.61. The van der Waals surface area contributed by atoms with Crippen LogP contribution in [0, 0.1) is 0 Å². The third-order valence-corrected chi connectivity index (χ3v) is 6.53. The highest BCUT2D eigenvalue weighted by atomic mass is 16.5. The minimum atomic E-state index is 0.857. The minimum Gasteiger partial charge on any atom is -0.455 e. The predicted octanol–water partition coefficient (Wildman–Crippen LogP) is 10.9. The molecule has 188 valence electrons. The monoisotopic (exact) mass is 502 g/mol. The molecule has 0 fully saturated rings. The molecule has 0 bridgehead atoms. The van der Waals surface area contributed by atoms with E-state index in [1.807, 2.05) is 12.1 Å². The summed E-state index contributed by atoms with van der Waals surface area (Å²) >= 11 is 0. The SMILES string of the molecule is C(=C\c1ccc2ccccc2c1Oc1c(/C=C/c2ccccc2)ccc2ccccc12)/c1ccccc1.C=C. The highest BCUT2D eigenvalue weighted by Crippen LogP contribution is 2.40. The van der Waals surface area contributed by atoms with Crippen LogP contribution in [0.2, 0.25) is 0 Å². The first-order valence-electron chi connectivity index (χ1n) is 13.0. The summed E-state index contributed by atoms with van der Waals surface area (Å²) in [5.41, 5.74) is 4.37. The molecule has 0 amide bonds. The maximum atomic E-state index is 6.94. The molecule has 39 heavy (non-hydrogen) atoms. The van der Waals surface area contributed by atoms with E-state index in [-0.39, 0.29) is 0 Å². The van der Waals surface area contributed by atoms with Crippen LogP contribution >= 0.6 is 0 Å². The molecular formula is C38H30O. The fraction of sp³-hybridized carbons (Fsp3) is 0. The lowest BCUT2D eigenvalue weighted by Crippen LogP contribution is -1.93. The molecule has 1 heteroatoms. The van der Waals surface area contributed by atoms with Crippen molar-refractivity contribution in [1.82, 2.24) is 0 Å². The topological polar surface area (TPSA) is 9.23 Å². The van der Waals surface area contributed by atoms with Gasteiger partial charge in [0, 0.05) is 21.9 Å². The van der Waals surface area contributed by atoms with Gasteiger partial charge in [0.1, 0.15) is 11.5 Å². The maximum absolute atomic E-state index is 6.94. The van der Waals surface area contributed by atoms with Gasteiger partial charge in [-0.25, -0.2) is 0 Å². The lowest BCUT2D eigenvalue weighted by atomic mass is 10.0. The molecule has 1 nitrogen and oxygen atoms in total. The van der Waals surface area contributed by atoms with Crippen molar-refractivity contribution >= 4 is 45.8 Å². The summed E-state index contributed by atoms with van der Waals surface area (Å²) in [6.07, 6.45) is 8.55. The molecule has 6 rings (SSSR count). The Kier molecular flexibility index (Phi) is 8.11. The van der Waals surface area contributed by atoms with Gasteiger partial charge in [-0.2, -0.15) is 0 Å². The summed E-state index contributed by atoms with van der Waals surface area (Å²) in [6.45, 7) is 6.00. The maximum Gasteiger partial charge on any atom is 0.142 e. The molecule has 0 saturated heterocycles. The number of benzene rings is 6. The van der Waals surface area contributed by atoms with Crippen LogP contribution in [0.25, 0.3) is 45.8 Å². The molecule has 0 aromatic heterocycles. The smallest absolute Gasteiger partial charge is 0.142 e. The molecule has 0 heterocycles. The average molecular weight is 503 g/mol. The minimum absolute atomic E-state index is 0.857. The number of rotatable bonds is 6. The van der Waals surface area contributed by atoms with Gasteiger partial charge in [-0.15, -0.1) is 13.2 Å². The highest BCUT2D eigenvalue weighted by Gasteiger charge is 2.14. The number of hydrogen-bond donors (Lipinski definition) is 0. The lowest BCUT2D eigenvalue weighted by molar-refractivity contribution is 0.492. The van der Waals surface area contributed by atoms with Crippen molar-refractivity contribution in [3.63, 3.8) is 0 Å². The van der Waals surface area contributed by atoms with Gasteiger partial charge in [0.2, 0.25) is 0 Å². The van der Waals surface area contributed by atoms with E-state index in [1.165, 1.54) is 0 Å². The van der Waals surface area contributed by atoms with Crippen LogP contribution in [0.3, 0.4) is 0 Å². The molecule has 0 aliphatic heterocycles. The first kappa shape index (κ1) is 25.5. The standard InChI is InChI=1S/C36H26O.C2H4/c1-3-11-27(12-4-1)19-21-31-25-23-29-15-7-9-17-33(29)35(31)37-36-32(22-20-28-13-5-2-6-14-28)26-24-30-16-8-10-18-34(30)36;1-2/h1-26H;1-2H2/b21-19+,22-20+;. The van der Waals surface area contributed by atoms with Crippen molar-refractivity contribution in [1.29, 1.82) is 0 Å². The lowest BCUT2D eigenvalue weighted by Gasteiger charge is -2.16. The first-order chi connectivity index (χ1) is 19.3. The van der Waals surface area contributed by atoms with Gasteiger partial charge in [0.25, 0.3) is 0 Å². The zero-order chi connectivity index (χ0) is 26.9. The molecule has 6 aromatic carbocycles. The Hall–Kier alpha value is -5.14. The molecule has 0 N–H and O–H groups in total. The van der Waals surface area contributed by atoms with E-state index < -0.39 is 0 Å². The van der Waals surface area contributed by atoms with Crippen LogP contribution in [0.15, 0.2) is 147 Å². The van der Waals surface area contributed by atoms with E-state index in [9.17, 15) is 0 Å². The zero-order valence-electron chi connectivity index (χ0n) is 21.8. The zero-order valence-corrected chi connectivity index (χ0v) is 21.8. The summed E-state index contributed by atoms with van der Waals surface area (Å²) < 4.78 is 6.94. The second-order valence-electron chi connectivity index (χ2n) is 9.00. The molecule has 0 aliphatic rings. The largest absolute Gasteiger partial charge is 0.455 e. The number of hydrogen-bond acceptors (Lipinski definition) is 1. The molecule has 0 saturated carbocycles. The molecule has 0 radical (unpaired) electrons. The van der Waals surface area contributed by atoms with Gasteiger partial charge >= 0.3 is 0 Å². The molecule has 0 spiro atoms. The van der Waals surface area contributed by atoms with Gasteiger partial charge in [-0.05, 0) is 21.9 Å². The first-order valence-corrected chi connectivity index (χ1v) is 13.0. The Balaban J connectivity index is 0.00000151. The summed E-state index contributed by atoms with van der Waals surface area (Å²) in [5.74, 6) is 1.71. The van der Waals surface area contributed by atoms with Crippen LogP contribution < -0.4 is 4.74 Å². The molecule has 0 aliphatic carbocycles. The fourth-order valence-corrected chi connectivity index (χ4v) is 4.61. The Labute approximate surface area is 230 Å². The van der Waals surface area contributed by atoms with E-state index in [4.69, 9.17) is 4.74 Å². The summed E-state index contributed by atoms with van der Waals surface area (Å²) in [6, 6.07) is 46.1. The van der Waals surface area contributed by atoms with Crippen molar-refractivity contribution in [3.8, 4) is 11.5 Å². The van der Waals surface area contributed by atoms with Crippen LogP contribution in [0.4, 0.5) is 0 Å². The number of ether oxygens (including phenoxy) is 1. The van der Waals surface area contributed by atoms with E-state index in [1.54, 1.807) is 0 Å². The molecule has 0 atom stereocenters. The van der Waals surface area contributed by atoms with Crippen molar-refractivity contribution in [2.45, 2.75) is 0 Å². The third kappa shape index (κ3) is 5.89. The van der Waals surface area contributed by atoms with Gasteiger partial charge in [0.05, 0.1) is 0 Å². The van der Waals surface area contributed by atoms with Crippen LogP contribution in [0.5, 0.6) is 11.5 Å². The second-order valence-corrected chi connectivity index (χ2v) is 9.00. The second kappa shape index (κ2) is 12.4. The highest BCUT2D eigenvalue weighted by molar-refractivity contribution is 5.96. The molecular weight excluding hydrogens is 472 g/mol. The van der Waals surface area contributed by atoms with Crippen molar-refractivity contribution in [3.05, 3.63) is 169 Å². The van der Waals surface area contributed by atoms with Gasteiger partial charge in [-0.1, -0.05) is 158 Å². The van der Waals surface area contributed by atoms with Crippen LogP contribution in [0.1, 0.15) is 22.3 Å². The summed E-state index contributed by atoms with van der Waals surface area (Å²) in [5, 5.41) is 4.47. The molecule has 0 unspecified atom stereocenters. The van der Waals surface area contributed by atoms with E-state index >= 15 is 0 Å². The van der Waals surface area contributed by atoms with Crippen LogP contribution in [-0.4, -0.2) is 0 Å². The third-order valence-electron chi connectivity index (χ3n) is 6.53. The summed E-state index contributed by atoms with van der Waals surface area (Å²) in [4.78, 5) is 0. The Morgan fingerprint density at radius 2 is 0.769 bits per heavy atom. The van der Waals surface area contributed by atoms with Gasteiger partial charge in [0.15, 0.2) is 0 Å². The Morgan fingerprint density at radius 3 is 1.21 bits per heavy atom. The summed E-state index contributed by atoms with van der Waals surface area (Å²) in [7, 11) is 0. The normalized spacial score (nSPS) is 11.1. The quantitative estimate of drug-likeness (QED) is 0.163. The van der Waals surface area contributed by atoms with E-state index in [0.717, 1.165) is 55.3 Å². The van der Waals surface area contributed by atoms with E-state index in [0.29, 0.717) is 0 Å². The number of fused-ring (bicyclic) bond motifs is 2. The van der Waals surface area contributed by atoms with Gasteiger partial charge in [-0.3, -0.25) is 0 Å². The predicted molar refractivity (Wildman–Crippen MR) is 170 cm³/mol. The van der Waals surface area contributed by atoms with Gasteiger partial charge < -0.3 is 4.74 Å². The average Bonchev–Trinajstić information content (AvgIpc) is 3.02. The molecule has 6 aromatic rings.